The van der Waals surface area contributed by atoms with Gasteiger partial charge in [-0.05, 0) is 0 Å². The van der Waals surface area contributed by atoms with Crippen LogP contribution < -0.4 is 0 Å². The van der Waals surface area contributed by atoms with Gasteiger partial charge in [-0.1, -0.05) is 26.4 Å². The SMILES string of the molecule is C[B]/C=C\[B]C=CC(C)[B]C. The third-order valence-corrected chi connectivity index (χ3v) is 1.47. The van der Waals surface area contributed by atoms with E-state index in [1.54, 1.807) is 0 Å². The van der Waals surface area contributed by atoms with Crippen LogP contribution in [-0.4, -0.2) is 21.8 Å². The quantitative estimate of drug-likeness (QED) is 0.515. The summed E-state index contributed by atoms with van der Waals surface area (Å²) in [5, 5.41) is 0. The van der Waals surface area contributed by atoms with Crippen LogP contribution in [0.15, 0.2) is 24.0 Å². The molecule has 0 aromatic heterocycles. The van der Waals surface area contributed by atoms with E-state index in [0.717, 1.165) is 0 Å². The molecule has 0 saturated carbocycles. The highest BCUT2D eigenvalue weighted by Gasteiger charge is 1.90. The molecule has 0 spiro atoms. The molecule has 0 amide bonds. The van der Waals surface area contributed by atoms with E-state index in [1.165, 1.54) is 0 Å². The lowest BCUT2D eigenvalue weighted by molar-refractivity contribution is 1.19. The first-order valence-corrected chi connectivity index (χ1v) is 4.07. The Morgan fingerprint density at radius 1 is 1.09 bits per heavy atom. The minimum absolute atomic E-state index is 0.574. The van der Waals surface area contributed by atoms with Gasteiger partial charge in [0.2, 0.25) is 0 Å². The highest BCUT2D eigenvalue weighted by molar-refractivity contribution is 6.52. The Bertz CT molecular complexity index is 129. The average Bonchev–Trinajstić information content (AvgIpc) is 2.04. The van der Waals surface area contributed by atoms with Gasteiger partial charge in [0.1, 0.15) is 14.6 Å². The van der Waals surface area contributed by atoms with Crippen molar-refractivity contribution in [2.24, 2.45) is 0 Å². The molecule has 0 aliphatic rings. The molecule has 0 aliphatic carbocycles. The van der Waals surface area contributed by atoms with E-state index < -0.39 is 0 Å². The van der Waals surface area contributed by atoms with Crippen molar-refractivity contribution in [1.29, 1.82) is 0 Å². The molecular formula is C8H14B3. The Kier molecular flexibility index (Phi) is 7.55. The lowest BCUT2D eigenvalue weighted by Crippen LogP contribution is -1.90. The maximum atomic E-state index is 2.17. The van der Waals surface area contributed by atoms with E-state index in [2.05, 4.69) is 33.1 Å². The summed E-state index contributed by atoms with van der Waals surface area (Å²) in [6.07, 6.45) is 2.17. The predicted molar refractivity (Wildman–Crippen MR) is 56.7 cm³/mol. The van der Waals surface area contributed by atoms with Gasteiger partial charge < -0.3 is 0 Å². The number of allylic oxidation sites excluding steroid dienone is 1. The topological polar surface area (TPSA) is 0 Å². The molecule has 0 aliphatic heterocycles. The van der Waals surface area contributed by atoms with Crippen LogP contribution in [0.5, 0.6) is 0 Å². The molecule has 1 unspecified atom stereocenters. The minimum atomic E-state index is 0.574. The van der Waals surface area contributed by atoms with Gasteiger partial charge >= 0.3 is 0 Å². The molecule has 0 saturated heterocycles. The van der Waals surface area contributed by atoms with Gasteiger partial charge in [-0.3, -0.25) is 0 Å². The van der Waals surface area contributed by atoms with E-state index in [-0.39, 0.29) is 0 Å². The average molecular weight is 143 g/mol. The normalized spacial score (nSPS) is 13.7. The maximum absolute atomic E-state index is 2.17. The molecule has 1 atom stereocenters. The Morgan fingerprint density at radius 3 is 2.36 bits per heavy atom. The summed E-state index contributed by atoms with van der Waals surface area (Å²) in [5.41, 5.74) is 0. The molecule has 0 heterocycles. The lowest BCUT2D eigenvalue weighted by atomic mass is 9.65. The Balaban J connectivity index is 3.36. The number of hydrogen-bond acceptors (Lipinski definition) is 0. The predicted octanol–water partition coefficient (Wildman–Crippen LogP) is 1.99. The summed E-state index contributed by atoms with van der Waals surface area (Å²) in [5.74, 6) is 6.69. The van der Waals surface area contributed by atoms with Crippen molar-refractivity contribution in [3.05, 3.63) is 24.0 Å². The standard InChI is InChI=1S/C8H14B3/c1-8(10-3)4-5-11-7-6-9-2/h4-8H,1-3H3/b5-4?,7-6-. The zero-order valence-corrected chi connectivity index (χ0v) is 7.62. The smallest absolute Gasteiger partial charge is 0.135 e. The highest BCUT2D eigenvalue weighted by Crippen LogP contribution is 2.00. The first-order valence-electron chi connectivity index (χ1n) is 4.07. The van der Waals surface area contributed by atoms with E-state index >= 15 is 0 Å². The monoisotopic (exact) mass is 143 g/mol. The van der Waals surface area contributed by atoms with Crippen molar-refractivity contribution in [2.45, 2.75) is 26.4 Å². The molecule has 0 bridgehead atoms. The second-order valence-electron chi connectivity index (χ2n) is 2.49. The van der Waals surface area contributed by atoms with Gasteiger partial charge in [0.25, 0.3) is 0 Å². The summed E-state index contributed by atoms with van der Waals surface area (Å²) in [6, 6.07) is 0. The zero-order chi connectivity index (χ0) is 8.53. The largest absolute Gasteiger partial charge is 0.169 e. The third-order valence-electron chi connectivity index (χ3n) is 1.47. The molecule has 0 fully saturated rings. The van der Waals surface area contributed by atoms with E-state index in [4.69, 9.17) is 0 Å². The Hall–Kier alpha value is -0.325. The van der Waals surface area contributed by atoms with Crippen LogP contribution in [-0.2, 0) is 0 Å². The molecule has 0 aromatic carbocycles. The van der Waals surface area contributed by atoms with Crippen LogP contribution in [0.2, 0.25) is 19.5 Å². The van der Waals surface area contributed by atoms with E-state index in [1.807, 2.05) is 33.3 Å². The van der Waals surface area contributed by atoms with Crippen LogP contribution in [0, 0.1) is 0 Å². The van der Waals surface area contributed by atoms with Crippen molar-refractivity contribution in [3.8, 4) is 0 Å². The van der Waals surface area contributed by atoms with Gasteiger partial charge in [0, 0.05) is 0 Å². The number of hydrogen-bond donors (Lipinski definition) is 0. The second-order valence-corrected chi connectivity index (χ2v) is 2.49. The van der Waals surface area contributed by atoms with E-state index in [9.17, 15) is 0 Å². The van der Waals surface area contributed by atoms with Crippen molar-refractivity contribution < 1.29 is 0 Å². The fraction of sp³-hybridized carbons (Fsp3) is 0.500. The summed E-state index contributed by atoms with van der Waals surface area (Å²) in [4.78, 5) is 0. The summed E-state index contributed by atoms with van der Waals surface area (Å²) < 4.78 is 0. The van der Waals surface area contributed by atoms with Gasteiger partial charge in [0.05, 0.1) is 0 Å². The van der Waals surface area contributed by atoms with Crippen LogP contribution in [0.25, 0.3) is 0 Å². The van der Waals surface area contributed by atoms with Gasteiger partial charge in [-0.15, -0.1) is 24.0 Å². The highest BCUT2D eigenvalue weighted by atomic mass is 13.8. The minimum Gasteiger partial charge on any atom is -0.135 e. The van der Waals surface area contributed by atoms with Crippen molar-refractivity contribution >= 4 is 21.8 Å². The van der Waals surface area contributed by atoms with Crippen LogP contribution >= 0.6 is 0 Å². The Morgan fingerprint density at radius 2 is 1.82 bits per heavy atom. The summed E-state index contributed by atoms with van der Waals surface area (Å²) in [7, 11) is 6.22. The molecule has 3 radical (unpaired) electrons. The van der Waals surface area contributed by atoms with Crippen LogP contribution in [0.4, 0.5) is 0 Å². The fourth-order valence-corrected chi connectivity index (χ4v) is 0.590. The maximum Gasteiger partial charge on any atom is 0.169 e. The first kappa shape index (κ1) is 10.7. The van der Waals surface area contributed by atoms with Crippen molar-refractivity contribution in [3.63, 3.8) is 0 Å². The summed E-state index contributed by atoms with van der Waals surface area (Å²) in [6.45, 7) is 6.25. The first-order chi connectivity index (χ1) is 5.31. The fourth-order valence-electron chi connectivity index (χ4n) is 0.590. The number of rotatable bonds is 5. The molecule has 0 aromatic rings. The molecule has 3 heteroatoms. The molecule has 55 valence electrons. The van der Waals surface area contributed by atoms with Crippen molar-refractivity contribution in [1.82, 2.24) is 0 Å². The van der Waals surface area contributed by atoms with E-state index in [0.29, 0.717) is 5.82 Å². The molecule has 0 rings (SSSR count). The molecular weight excluding hydrogens is 129 g/mol. The summed E-state index contributed by atoms with van der Waals surface area (Å²) >= 11 is 0. The van der Waals surface area contributed by atoms with Crippen LogP contribution in [0.1, 0.15) is 6.92 Å². The van der Waals surface area contributed by atoms with Gasteiger partial charge in [0.15, 0.2) is 7.28 Å². The van der Waals surface area contributed by atoms with Crippen LogP contribution in [0.3, 0.4) is 0 Å². The van der Waals surface area contributed by atoms with Gasteiger partial charge in [-0.2, -0.15) is 0 Å². The molecule has 0 N–H and O–H groups in total. The van der Waals surface area contributed by atoms with Gasteiger partial charge in [-0.25, -0.2) is 0 Å². The third kappa shape index (κ3) is 7.57. The van der Waals surface area contributed by atoms with Crippen molar-refractivity contribution in [2.75, 3.05) is 0 Å². The Labute approximate surface area is 72.9 Å². The molecule has 0 nitrogen and oxygen atoms in total. The zero-order valence-electron chi connectivity index (χ0n) is 7.62. The lowest BCUT2D eigenvalue weighted by Gasteiger charge is -1.95. The second kappa shape index (κ2) is 7.78. The molecule has 11 heavy (non-hydrogen) atoms.